The Kier molecular flexibility index (Phi) is 10.9. The number of thioether (sulfide) groups is 3. The molecule has 0 fully saturated rings. The lowest BCUT2D eigenvalue weighted by Crippen LogP contribution is -2.33. The second-order valence-electron chi connectivity index (χ2n) is 5.32. The van der Waals surface area contributed by atoms with Crippen molar-refractivity contribution in [1.29, 1.82) is 5.26 Å². The van der Waals surface area contributed by atoms with Gasteiger partial charge in [-0.25, -0.2) is 4.79 Å². The summed E-state index contributed by atoms with van der Waals surface area (Å²) in [6.45, 7) is 4.17. The van der Waals surface area contributed by atoms with Crippen molar-refractivity contribution in [2.75, 3.05) is 19.2 Å². The summed E-state index contributed by atoms with van der Waals surface area (Å²) in [7, 11) is 1.35. The van der Waals surface area contributed by atoms with E-state index in [4.69, 9.17) is 11.6 Å². The van der Waals surface area contributed by atoms with Gasteiger partial charge in [-0.3, -0.25) is 0 Å². The van der Waals surface area contributed by atoms with Crippen LogP contribution in [0.1, 0.15) is 16.7 Å². The number of rotatable bonds is 6. The molecule has 1 aliphatic heterocycles. The lowest BCUT2D eigenvalue weighted by atomic mass is 10.1. The molecular formula is C18H22ClNO2S4. The molecule has 1 aromatic rings. The molecule has 8 heteroatoms. The number of methoxy groups -OCH3 is 1. The smallest absolute Gasteiger partial charge is 0.330 e. The van der Waals surface area contributed by atoms with Gasteiger partial charge in [0.1, 0.15) is 4.75 Å². The SMILES string of the molecule is CC1=CC(SCc2ccc(C)s2)C(C#N)(CCl)S1.COC(=O)/C=C/SC. The summed E-state index contributed by atoms with van der Waals surface area (Å²) < 4.78 is 3.83. The van der Waals surface area contributed by atoms with Crippen LogP contribution in [-0.4, -0.2) is 35.2 Å². The number of ether oxygens (including phenoxy) is 1. The van der Waals surface area contributed by atoms with E-state index in [-0.39, 0.29) is 11.2 Å². The van der Waals surface area contributed by atoms with Crippen molar-refractivity contribution in [3.8, 4) is 6.07 Å². The van der Waals surface area contributed by atoms with Crippen LogP contribution in [0.5, 0.6) is 0 Å². The molecule has 0 aliphatic carbocycles. The zero-order chi connectivity index (χ0) is 19.6. The lowest BCUT2D eigenvalue weighted by Gasteiger charge is -2.24. The van der Waals surface area contributed by atoms with Crippen LogP contribution in [0.25, 0.3) is 0 Å². The van der Waals surface area contributed by atoms with Gasteiger partial charge in [0.15, 0.2) is 0 Å². The molecule has 0 radical (unpaired) electrons. The summed E-state index contributed by atoms with van der Waals surface area (Å²) >= 11 is 12.7. The Balaban J connectivity index is 0.000000359. The first-order valence-corrected chi connectivity index (χ1v) is 12.2. The summed E-state index contributed by atoms with van der Waals surface area (Å²) in [5.74, 6) is 1.02. The van der Waals surface area contributed by atoms with Crippen LogP contribution in [0.4, 0.5) is 0 Å². The van der Waals surface area contributed by atoms with E-state index in [0.717, 1.165) is 5.75 Å². The van der Waals surface area contributed by atoms with Gasteiger partial charge >= 0.3 is 5.97 Å². The Morgan fingerprint density at radius 2 is 2.23 bits per heavy atom. The zero-order valence-electron chi connectivity index (χ0n) is 15.2. The van der Waals surface area contributed by atoms with Crippen LogP contribution < -0.4 is 0 Å². The summed E-state index contributed by atoms with van der Waals surface area (Å²) in [4.78, 5) is 14.2. The predicted octanol–water partition coefficient (Wildman–Crippen LogP) is 5.85. The molecule has 0 saturated carbocycles. The molecule has 0 spiro atoms. The van der Waals surface area contributed by atoms with Crippen LogP contribution in [0.3, 0.4) is 0 Å². The summed E-state index contributed by atoms with van der Waals surface area (Å²) in [6.07, 6.45) is 5.44. The molecule has 0 aromatic carbocycles. The molecule has 142 valence electrons. The van der Waals surface area contributed by atoms with Gasteiger partial charge in [0.25, 0.3) is 0 Å². The molecule has 1 aromatic heterocycles. The highest BCUT2D eigenvalue weighted by Crippen LogP contribution is 2.48. The van der Waals surface area contributed by atoms with Gasteiger partial charge < -0.3 is 4.74 Å². The Labute approximate surface area is 177 Å². The molecular weight excluding hydrogens is 426 g/mol. The quantitative estimate of drug-likeness (QED) is 0.310. The minimum absolute atomic E-state index is 0.187. The average molecular weight is 448 g/mol. The average Bonchev–Trinajstić information content (AvgIpc) is 3.21. The molecule has 0 saturated heterocycles. The summed E-state index contributed by atoms with van der Waals surface area (Å²) in [5.41, 5.74) is 0. The van der Waals surface area contributed by atoms with E-state index in [1.54, 1.807) is 17.2 Å². The topological polar surface area (TPSA) is 50.1 Å². The highest BCUT2D eigenvalue weighted by molar-refractivity contribution is 8.07. The van der Waals surface area contributed by atoms with Crippen LogP contribution in [0, 0.1) is 18.3 Å². The van der Waals surface area contributed by atoms with E-state index in [9.17, 15) is 10.1 Å². The molecule has 1 aliphatic rings. The Morgan fingerprint density at radius 3 is 2.73 bits per heavy atom. The number of thiophene rings is 1. The van der Waals surface area contributed by atoms with Crippen molar-refractivity contribution in [2.24, 2.45) is 0 Å². The van der Waals surface area contributed by atoms with Gasteiger partial charge in [-0.1, -0.05) is 6.08 Å². The first-order valence-electron chi connectivity index (χ1n) is 7.69. The number of nitriles is 1. The third-order valence-electron chi connectivity index (χ3n) is 3.32. The number of alkyl halides is 1. The number of hydrogen-bond donors (Lipinski definition) is 0. The Morgan fingerprint density at radius 1 is 1.50 bits per heavy atom. The fraction of sp³-hybridized carbons (Fsp3) is 0.444. The third-order valence-corrected chi connectivity index (χ3v) is 8.33. The number of aryl methyl sites for hydroxylation is 1. The van der Waals surface area contributed by atoms with Crippen molar-refractivity contribution in [3.05, 3.63) is 44.4 Å². The molecule has 2 rings (SSSR count). The molecule has 0 N–H and O–H groups in total. The summed E-state index contributed by atoms with van der Waals surface area (Å²) in [5, 5.41) is 11.3. The number of hydrogen-bond acceptors (Lipinski definition) is 7. The van der Waals surface area contributed by atoms with Crippen LogP contribution in [-0.2, 0) is 15.3 Å². The number of carbonyl (C=O) groups is 1. The monoisotopic (exact) mass is 447 g/mol. The van der Waals surface area contributed by atoms with Crippen molar-refractivity contribution < 1.29 is 9.53 Å². The van der Waals surface area contributed by atoms with Crippen molar-refractivity contribution in [3.63, 3.8) is 0 Å². The van der Waals surface area contributed by atoms with Gasteiger partial charge in [-0.2, -0.15) is 5.26 Å². The van der Waals surface area contributed by atoms with E-state index < -0.39 is 4.75 Å². The van der Waals surface area contributed by atoms with E-state index in [1.807, 2.05) is 29.4 Å². The van der Waals surface area contributed by atoms with E-state index in [0.29, 0.717) is 5.88 Å². The molecule has 2 unspecified atom stereocenters. The lowest BCUT2D eigenvalue weighted by molar-refractivity contribution is -0.134. The van der Waals surface area contributed by atoms with Crippen LogP contribution >= 0.6 is 58.2 Å². The second-order valence-corrected chi connectivity index (χ2v) is 10.4. The number of allylic oxidation sites excluding steroid dienone is 1. The van der Waals surface area contributed by atoms with Gasteiger partial charge in [-0.15, -0.1) is 58.2 Å². The number of esters is 1. The Bertz CT molecular complexity index is 696. The Hall–Kier alpha value is -0.520. The van der Waals surface area contributed by atoms with Crippen molar-refractivity contribution >= 4 is 64.2 Å². The summed E-state index contributed by atoms with van der Waals surface area (Å²) in [6, 6.07) is 6.72. The molecule has 2 atom stereocenters. The largest absolute Gasteiger partial charge is 0.466 e. The fourth-order valence-electron chi connectivity index (χ4n) is 2.06. The maximum atomic E-state index is 10.2. The fourth-order valence-corrected chi connectivity index (χ4v) is 6.55. The van der Waals surface area contributed by atoms with Gasteiger partial charge in [0.2, 0.25) is 0 Å². The molecule has 0 amide bonds. The van der Waals surface area contributed by atoms with E-state index >= 15 is 0 Å². The molecule has 26 heavy (non-hydrogen) atoms. The minimum Gasteiger partial charge on any atom is -0.466 e. The first-order chi connectivity index (χ1) is 12.4. The van der Waals surface area contributed by atoms with Crippen LogP contribution in [0.15, 0.2) is 34.6 Å². The maximum Gasteiger partial charge on any atom is 0.330 e. The maximum absolute atomic E-state index is 10.2. The number of carbonyl (C=O) groups excluding carboxylic acids is 1. The van der Waals surface area contributed by atoms with Crippen molar-refractivity contribution in [2.45, 2.75) is 29.6 Å². The van der Waals surface area contributed by atoms with Crippen molar-refractivity contribution in [1.82, 2.24) is 0 Å². The van der Waals surface area contributed by atoms with Gasteiger partial charge in [-0.05, 0) is 42.5 Å². The minimum atomic E-state index is -0.484. The normalized spacial score (nSPS) is 21.7. The molecule has 0 bridgehead atoms. The number of nitrogens with zero attached hydrogens (tertiary/aromatic N) is 1. The molecule has 2 heterocycles. The predicted molar refractivity (Wildman–Crippen MR) is 119 cm³/mol. The van der Waals surface area contributed by atoms with E-state index in [1.165, 1.54) is 39.6 Å². The van der Waals surface area contributed by atoms with Gasteiger partial charge in [0.05, 0.1) is 24.3 Å². The third kappa shape index (κ3) is 7.24. The zero-order valence-corrected chi connectivity index (χ0v) is 19.2. The first kappa shape index (κ1) is 23.5. The second kappa shape index (κ2) is 12.0. The van der Waals surface area contributed by atoms with Crippen LogP contribution in [0.2, 0.25) is 0 Å². The highest BCUT2D eigenvalue weighted by Gasteiger charge is 2.43. The van der Waals surface area contributed by atoms with E-state index in [2.05, 4.69) is 42.9 Å². The van der Waals surface area contributed by atoms with Gasteiger partial charge in [0, 0.05) is 21.6 Å². The molecule has 3 nitrogen and oxygen atoms in total. The number of halogens is 1. The highest BCUT2D eigenvalue weighted by atomic mass is 35.5. The standard InChI is InChI=1S/C13H14ClNS3.C5H8O2S/c1-9-3-4-11(17-9)6-16-12-5-10(2)18-13(12,7-14)8-15;1-7-5(6)3-4-8-2/h3-5,12H,6-7H2,1-2H3;3-4H,1-2H3/b;4-3+.